The summed E-state index contributed by atoms with van der Waals surface area (Å²) in [6.07, 6.45) is 0. The van der Waals surface area contributed by atoms with E-state index in [-0.39, 0.29) is 23.4 Å². The van der Waals surface area contributed by atoms with Gasteiger partial charge in [-0.05, 0) is 6.07 Å². The topological polar surface area (TPSA) is 57.6 Å². The van der Waals surface area contributed by atoms with Crippen LogP contribution in [0.5, 0.6) is 0 Å². The summed E-state index contributed by atoms with van der Waals surface area (Å²) < 4.78 is 14.4. The summed E-state index contributed by atoms with van der Waals surface area (Å²) in [5, 5.41) is 11.1. The van der Waals surface area contributed by atoms with Crippen molar-refractivity contribution in [3.05, 3.63) is 77.1 Å². The van der Waals surface area contributed by atoms with E-state index in [9.17, 15) is 19.1 Å². The summed E-state index contributed by atoms with van der Waals surface area (Å²) in [7, 11) is 0. The van der Waals surface area contributed by atoms with E-state index in [4.69, 9.17) is 0 Å². The van der Waals surface area contributed by atoms with Gasteiger partial charge in [0.15, 0.2) is 0 Å². The van der Waals surface area contributed by atoms with Crippen molar-refractivity contribution in [2.45, 2.75) is 6.04 Å². The SMILES string of the molecule is O=C1C(=O)N(CCBr)C(c2ccccc2F)/C1=C(\O)c1ccccc1. The number of rotatable bonds is 4. The number of Topliss-reactive ketones (excluding diaryl/α,β-unsaturated/α-hetero) is 1. The van der Waals surface area contributed by atoms with E-state index in [0.29, 0.717) is 10.9 Å². The summed E-state index contributed by atoms with van der Waals surface area (Å²) in [5.74, 6) is -2.39. The third kappa shape index (κ3) is 3.09. The number of carbonyl (C=O) groups is 2. The largest absolute Gasteiger partial charge is 0.507 e. The van der Waals surface area contributed by atoms with Crippen LogP contribution in [0.15, 0.2) is 60.2 Å². The summed E-state index contributed by atoms with van der Waals surface area (Å²) in [6, 6.07) is 13.5. The first-order valence-electron chi connectivity index (χ1n) is 7.70. The van der Waals surface area contributed by atoms with E-state index in [0.717, 1.165) is 0 Å². The smallest absolute Gasteiger partial charge is 0.295 e. The van der Waals surface area contributed by atoms with Crippen molar-refractivity contribution in [1.82, 2.24) is 4.90 Å². The molecule has 1 amide bonds. The van der Waals surface area contributed by atoms with Crippen molar-refractivity contribution in [3.8, 4) is 0 Å². The van der Waals surface area contributed by atoms with E-state index in [2.05, 4.69) is 15.9 Å². The Hall–Kier alpha value is -2.47. The van der Waals surface area contributed by atoms with Crippen molar-refractivity contribution in [2.75, 3.05) is 11.9 Å². The molecule has 0 radical (unpaired) electrons. The zero-order chi connectivity index (χ0) is 18.0. The van der Waals surface area contributed by atoms with E-state index in [1.54, 1.807) is 36.4 Å². The second-order valence-electron chi connectivity index (χ2n) is 5.57. The highest BCUT2D eigenvalue weighted by molar-refractivity contribution is 9.09. The number of carbonyl (C=O) groups excluding carboxylic acids is 2. The molecule has 1 N–H and O–H groups in total. The molecule has 1 fully saturated rings. The molecule has 0 aliphatic carbocycles. The van der Waals surface area contributed by atoms with Crippen LogP contribution in [0.2, 0.25) is 0 Å². The van der Waals surface area contributed by atoms with Crippen molar-refractivity contribution < 1.29 is 19.1 Å². The van der Waals surface area contributed by atoms with Crippen LogP contribution in [-0.4, -0.2) is 33.6 Å². The number of hydrogen-bond acceptors (Lipinski definition) is 3. The fraction of sp³-hybridized carbons (Fsp3) is 0.158. The Morgan fingerprint density at radius 3 is 2.36 bits per heavy atom. The molecule has 2 aromatic carbocycles. The maximum Gasteiger partial charge on any atom is 0.295 e. The zero-order valence-corrected chi connectivity index (χ0v) is 14.7. The lowest BCUT2D eigenvalue weighted by molar-refractivity contribution is -0.139. The van der Waals surface area contributed by atoms with Crippen LogP contribution < -0.4 is 0 Å². The first kappa shape index (κ1) is 17.4. The number of amides is 1. The Kier molecular flexibility index (Phi) is 4.99. The van der Waals surface area contributed by atoms with E-state index < -0.39 is 23.5 Å². The second-order valence-corrected chi connectivity index (χ2v) is 6.36. The standard InChI is InChI=1S/C19H15BrFNO3/c20-10-11-22-16(13-8-4-5-9-14(13)21)15(18(24)19(22)25)17(23)12-6-2-1-3-7-12/h1-9,16,23H,10-11H2/b17-15+. The Morgan fingerprint density at radius 2 is 1.72 bits per heavy atom. The lowest BCUT2D eigenvalue weighted by Crippen LogP contribution is -2.31. The lowest BCUT2D eigenvalue weighted by atomic mass is 9.95. The molecule has 2 aromatic rings. The summed E-state index contributed by atoms with van der Waals surface area (Å²) in [6.45, 7) is 0.217. The van der Waals surface area contributed by atoms with Crippen LogP contribution >= 0.6 is 15.9 Å². The highest BCUT2D eigenvalue weighted by Gasteiger charge is 2.46. The maximum atomic E-state index is 14.4. The highest BCUT2D eigenvalue weighted by atomic mass is 79.9. The number of aliphatic hydroxyl groups is 1. The minimum atomic E-state index is -0.959. The molecular formula is C19H15BrFNO3. The number of benzene rings is 2. The molecule has 3 rings (SSSR count). The van der Waals surface area contributed by atoms with Gasteiger partial charge >= 0.3 is 0 Å². The highest BCUT2D eigenvalue weighted by Crippen LogP contribution is 2.40. The molecule has 1 atom stereocenters. The molecule has 1 aliphatic rings. The molecule has 0 bridgehead atoms. The Bertz CT molecular complexity index is 851. The van der Waals surface area contributed by atoms with Crippen LogP contribution in [0, 0.1) is 5.82 Å². The molecule has 0 aromatic heterocycles. The van der Waals surface area contributed by atoms with Crippen molar-refractivity contribution in [2.24, 2.45) is 0 Å². The van der Waals surface area contributed by atoms with Crippen LogP contribution in [0.25, 0.3) is 5.76 Å². The van der Waals surface area contributed by atoms with Gasteiger partial charge in [-0.25, -0.2) is 4.39 Å². The minimum Gasteiger partial charge on any atom is -0.507 e. The molecule has 0 spiro atoms. The van der Waals surface area contributed by atoms with Crippen LogP contribution in [0.1, 0.15) is 17.2 Å². The predicted molar refractivity (Wildman–Crippen MR) is 95.6 cm³/mol. The van der Waals surface area contributed by atoms with Gasteiger partial charge in [0.25, 0.3) is 11.7 Å². The third-order valence-corrected chi connectivity index (χ3v) is 4.47. The average molecular weight is 404 g/mol. The number of halogens is 2. The number of ketones is 1. The van der Waals surface area contributed by atoms with E-state index in [1.807, 2.05) is 0 Å². The third-order valence-electron chi connectivity index (χ3n) is 4.11. The Morgan fingerprint density at radius 1 is 1.08 bits per heavy atom. The summed E-state index contributed by atoms with van der Waals surface area (Å²) in [4.78, 5) is 26.3. The molecule has 128 valence electrons. The van der Waals surface area contributed by atoms with Gasteiger partial charge in [0.1, 0.15) is 11.6 Å². The molecule has 1 unspecified atom stereocenters. The first-order valence-corrected chi connectivity index (χ1v) is 8.82. The lowest BCUT2D eigenvalue weighted by Gasteiger charge is -2.24. The van der Waals surface area contributed by atoms with Gasteiger partial charge in [0.05, 0.1) is 11.6 Å². The van der Waals surface area contributed by atoms with Crippen LogP contribution in [0.4, 0.5) is 4.39 Å². The second kappa shape index (κ2) is 7.19. The molecule has 1 heterocycles. The van der Waals surface area contributed by atoms with Gasteiger partial charge in [0.2, 0.25) is 0 Å². The van der Waals surface area contributed by atoms with Gasteiger partial charge < -0.3 is 10.0 Å². The van der Waals surface area contributed by atoms with Gasteiger partial charge in [-0.15, -0.1) is 0 Å². The Balaban J connectivity index is 2.22. The average Bonchev–Trinajstić information content (AvgIpc) is 2.87. The number of likely N-dealkylation sites (tertiary alicyclic amines) is 1. The van der Waals surface area contributed by atoms with Crippen LogP contribution in [0.3, 0.4) is 0 Å². The fourth-order valence-corrected chi connectivity index (χ4v) is 3.36. The monoisotopic (exact) mass is 403 g/mol. The molecule has 1 aliphatic heterocycles. The van der Waals surface area contributed by atoms with Gasteiger partial charge in [-0.3, -0.25) is 9.59 Å². The van der Waals surface area contributed by atoms with Crippen LogP contribution in [-0.2, 0) is 9.59 Å². The fourth-order valence-electron chi connectivity index (χ4n) is 2.97. The quantitative estimate of drug-likeness (QED) is 0.367. The predicted octanol–water partition coefficient (Wildman–Crippen LogP) is 3.64. The van der Waals surface area contributed by atoms with Crippen molar-refractivity contribution in [1.29, 1.82) is 0 Å². The molecule has 25 heavy (non-hydrogen) atoms. The molecular weight excluding hydrogens is 389 g/mol. The van der Waals surface area contributed by atoms with E-state index >= 15 is 0 Å². The summed E-state index contributed by atoms with van der Waals surface area (Å²) in [5.41, 5.74) is 0.489. The van der Waals surface area contributed by atoms with Gasteiger partial charge in [-0.1, -0.05) is 64.5 Å². The van der Waals surface area contributed by atoms with Gasteiger partial charge in [0, 0.05) is 23.0 Å². The number of nitrogens with zero attached hydrogens (tertiary/aromatic N) is 1. The molecule has 6 heteroatoms. The number of hydrogen-bond donors (Lipinski definition) is 1. The van der Waals surface area contributed by atoms with E-state index in [1.165, 1.54) is 23.1 Å². The normalized spacial score (nSPS) is 19.4. The molecule has 4 nitrogen and oxygen atoms in total. The van der Waals surface area contributed by atoms with Crippen molar-refractivity contribution in [3.63, 3.8) is 0 Å². The maximum absolute atomic E-state index is 14.4. The Labute approximate surface area is 152 Å². The summed E-state index contributed by atoms with van der Waals surface area (Å²) >= 11 is 3.25. The molecule has 1 saturated heterocycles. The number of alkyl halides is 1. The number of aliphatic hydroxyl groups excluding tert-OH is 1. The van der Waals surface area contributed by atoms with Gasteiger partial charge in [-0.2, -0.15) is 0 Å². The van der Waals surface area contributed by atoms with Crippen molar-refractivity contribution >= 4 is 33.4 Å². The first-order chi connectivity index (χ1) is 12.1. The zero-order valence-electron chi connectivity index (χ0n) is 13.2. The minimum absolute atomic E-state index is 0.0951. The molecule has 0 saturated carbocycles.